The minimum absolute atomic E-state index is 0.0580. The van der Waals surface area contributed by atoms with Gasteiger partial charge in [-0.25, -0.2) is 8.42 Å². The SMILES string of the molecule is CSc1ccc(C(C)NC(=O)CN(Cc2ccc(Br)cc2)S(=O)(=O)c2ccc(Cl)cc2)cc1. The Morgan fingerprint density at radius 3 is 2.21 bits per heavy atom. The summed E-state index contributed by atoms with van der Waals surface area (Å²) in [5.41, 5.74) is 1.71. The fourth-order valence-corrected chi connectivity index (χ4v) is 5.38. The van der Waals surface area contributed by atoms with E-state index in [4.69, 9.17) is 11.6 Å². The Morgan fingerprint density at radius 1 is 1.03 bits per heavy atom. The van der Waals surface area contributed by atoms with Gasteiger partial charge in [0.25, 0.3) is 0 Å². The molecular weight excluding hydrogens is 544 g/mol. The predicted molar refractivity (Wildman–Crippen MR) is 138 cm³/mol. The first-order valence-corrected chi connectivity index (χ1v) is 14.0. The zero-order valence-corrected chi connectivity index (χ0v) is 22.1. The summed E-state index contributed by atoms with van der Waals surface area (Å²) in [6.07, 6.45) is 2.00. The van der Waals surface area contributed by atoms with Gasteiger partial charge in [-0.05, 0) is 72.8 Å². The average Bonchev–Trinajstić information content (AvgIpc) is 2.80. The van der Waals surface area contributed by atoms with Crippen molar-refractivity contribution < 1.29 is 13.2 Å². The molecule has 0 fully saturated rings. The topological polar surface area (TPSA) is 66.5 Å². The van der Waals surface area contributed by atoms with E-state index in [2.05, 4.69) is 21.2 Å². The quantitative estimate of drug-likeness (QED) is 0.327. The number of benzene rings is 3. The normalized spacial score (nSPS) is 12.5. The van der Waals surface area contributed by atoms with Gasteiger partial charge in [0.05, 0.1) is 17.5 Å². The minimum Gasteiger partial charge on any atom is -0.348 e. The third-order valence-electron chi connectivity index (χ3n) is 5.04. The van der Waals surface area contributed by atoms with Crippen molar-refractivity contribution in [3.8, 4) is 0 Å². The molecule has 5 nitrogen and oxygen atoms in total. The lowest BCUT2D eigenvalue weighted by molar-refractivity contribution is -0.122. The monoisotopic (exact) mass is 566 g/mol. The summed E-state index contributed by atoms with van der Waals surface area (Å²) in [5.74, 6) is -0.383. The third kappa shape index (κ3) is 7.07. The lowest BCUT2D eigenvalue weighted by atomic mass is 10.1. The van der Waals surface area contributed by atoms with E-state index in [1.807, 2.05) is 61.7 Å². The number of sulfonamides is 1. The Hall–Kier alpha value is -1.84. The molecule has 1 amide bonds. The van der Waals surface area contributed by atoms with Crippen molar-refractivity contribution >= 4 is 55.2 Å². The van der Waals surface area contributed by atoms with Crippen molar-refractivity contribution in [1.29, 1.82) is 0 Å². The molecule has 0 aliphatic heterocycles. The number of amides is 1. The molecule has 0 aliphatic carbocycles. The highest BCUT2D eigenvalue weighted by Crippen LogP contribution is 2.22. The summed E-state index contributed by atoms with van der Waals surface area (Å²) in [4.78, 5) is 14.1. The standard InChI is InChI=1S/C24H24BrClN2O3S2/c1-17(19-5-11-22(32-2)12-6-19)27-24(29)16-28(15-18-3-7-20(25)8-4-18)33(30,31)23-13-9-21(26)10-14-23/h3-14,17H,15-16H2,1-2H3,(H,27,29). The summed E-state index contributed by atoms with van der Waals surface area (Å²) < 4.78 is 28.8. The molecule has 0 aromatic heterocycles. The van der Waals surface area contributed by atoms with Crippen molar-refractivity contribution in [1.82, 2.24) is 9.62 Å². The highest BCUT2D eigenvalue weighted by Gasteiger charge is 2.27. The van der Waals surface area contributed by atoms with Gasteiger partial charge in [-0.1, -0.05) is 51.8 Å². The molecule has 3 aromatic rings. The number of carbonyl (C=O) groups is 1. The van der Waals surface area contributed by atoms with Crippen molar-refractivity contribution in [3.63, 3.8) is 0 Å². The van der Waals surface area contributed by atoms with Crippen LogP contribution in [0.25, 0.3) is 0 Å². The molecule has 174 valence electrons. The molecule has 0 aliphatic rings. The van der Waals surface area contributed by atoms with Crippen molar-refractivity contribution in [2.45, 2.75) is 29.3 Å². The van der Waals surface area contributed by atoms with Gasteiger partial charge in [-0.2, -0.15) is 4.31 Å². The second-order valence-electron chi connectivity index (χ2n) is 7.42. The van der Waals surface area contributed by atoms with E-state index >= 15 is 0 Å². The van der Waals surface area contributed by atoms with E-state index in [1.54, 1.807) is 11.8 Å². The number of carbonyl (C=O) groups excluding carboxylic acids is 1. The predicted octanol–water partition coefficient (Wildman–Crippen LogP) is 5.89. The smallest absolute Gasteiger partial charge is 0.243 e. The Morgan fingerprint density at radius 2 is 1.64 bits per heavy atom. The van der Waals surface area contributed by atoms with Gasteiger partial charge in [0.1, 0.15) is 0 Å². The zero-order valence-electron chi connectivity index (χ0n) is 18.2. The maximum absolute atomic E-state index is 13.4. The van der Waals surface area contributed by atoms with E-state index < -0.39 is 10.0 Å². The fourth-order valence-electron chi connectivity index (χ4n) is 3.20. The Kier molecular flexibility index (Phi) is 9.01. The average molecular weight is 568 g/mol. The largest absolute Gasteiger partial charge is 0.348 e. The molecule has 0 radical (unpaired) electrons. The highest BCUT2D eigenvalue weighted by molar-refractivity contribution is 9.10. The number of hydrogen-bond donors (Lipinski definition) is 1. The minimum atomic E-state index is -3.93. The lowest BCUT2D eigenvalue weighted by Crippen LogP contribution is -2.41. The van der Waals surface area contributed by atoms with E-state index in [1.165, 1.54) is 28.6 Å². The van der Waals surface area contributed by atoms with Crippen molar-refractivity contribution in [2.24, 2.45) is 0 Å². The molecule has 9 heteroatoms. The second-order valence-corrected chi connectivity index (χ2v) is 11.6. The van der Waals surface area contributed by atoms with Gasteiger partial charge in [0.15, 0.2) is 0 Å². The molecule has 0 spiro atoms. The second kappa shape index (κ2) is 11.5. The molecule has 0 saturated heterocycles. The Balaban J connectivity index is 1.81. The summed E-state index contributed by atoms with van der Waals surface area (Å²) in [7, 11) is -3.93. The summed E-state index contributed by atoms with van der Waals surface area (Å²) in [6.45, 7) is 1.62. The van der Waals surface area contributed by atoms with Crippen LogP contribution >= 0.6 is 39.3 Å². The van der Waals surface area contributed by atoms with Crippen molar-refractivity contribution in [2.75, 3.05) is 12.8 Å². The van der Waals surface area contributed by atoms with Crippen LogP contribution in [0.1, 0.15) is 24.1 Å². The molecule has 3 aromatic carbocycles. The molecule has 3 rings (SSSR count). The van der Waals surface area contributed by atoms with Crippen LogP contribution in [0.15, 0.2) is 87.1 Å². The van der Waals surface area contributed by atoms with Crippen molar-refractivity contribution in [3.05, 3.63) is 93.4 Å². The van der Waals surface area contributed by atoms with Gasteiger partial charge < -0.3 is 5.32 Å². The van der Waals surface area contributed by atoms with Crippen LogP contribution < -0.4 is 5.32 Å². The molecule has 1 atom stereocenters. The van der Waals surface area contributed by atoms with Crippen LogP contribution in [0.5, 0.6) is 0 Å². The first-order valence-electron chi connectivity index (χ1n) is 10.1. The summed E-state index contributed by atoms with van der Waals surface area (Å²) >= 11 is 11.0. The van der Waals surface area contributed by atoms with Gasteiger partial charge in [-0.15, -0.1) is 11.8 Å². The van der Waals surface area contributed by atoms with Crippen LogP contribution in [-0.4, -0.2) is 31.4 Å². The van der Waals surface area contributed by atoms with E-state index in [-0.39, 0.29) is 29.9 Å². The molecule has 1 N–H and O–H groups in total. The molecule has 0 bridgehead atoms. The van der Waals surface area contributed by atoms with Gasteiger partial charge >= 0.3 is 0 Å². The number of thioether (sulfide) groups is 1. The molecule has 33 heavy (non-hydrogen) atoms. The van der Waals surface area contributed by atoms with Gasteiger partial charge in [0.2, 0.25) is 15.9 Å². The van der Waals surface area contributed by atoms with Gasteiger partial charge in [0, 0.05) is 20.9 Å². The maximum Gasteiger partial charge on any atom is 0.243 e. The van der Waals surface area contributed by atoms with E-state index in [9.17, 15) is 13.2 Å². The molecule has 0 saturated carbocycles. The Labute approximate surface area is 212 Å². The summed E-state index contributed by atoms with van der Waals surface area (Å²) in [6, 6.07) is 20.9. The number of rotatable bonds is 9. The van der Waals surface area contributed by atoms with E-state index in [0.717, 1.165) is 20.5 Å². The van der Waals surface area contributed by atoms with Crippen LogP contribution in [0, 0.1) is 0 Å². The third-order valence-corrected chi connectivity index (χ3v) is 8.37. The maximum atomic E-state index is 13.4. The molecule has 0 heterocycles. The zero-order chi connectivity index (χ0) is 24.0. The first kappa shape index (κ1) is 25.8. The number of nitrogens with one attached hydrogen (secondary N) is 1. The number of nitrogens with zero attached hydrogens (tertiary/aromatic N) is 1. The molecular formula is C24H24BrClN2O3S2. The van der Waals surface area contributed by atoms with Gasteiger partial charge in [-0.3, -0.25) is 4.79 Å². The fraction of sp³-hybridized carbons (Fsp3) is 0.208. The van der Waals surface area contributed by atoms with E-state index in [0.29, 0.717) is 5.02 Å². The van der Waals surface area contributed by atoms with Crippen LogP contribution in [-0.2, 0) is 21.4 Å². The van der Waals surface area contributed by atoms with Crippen LogP contribution in [0.3, 0.4) is 0 Å². The number of hydrogen-bond acceptors (Lipinski definition) is 4. The van der Waals surface area contributed by atoms with Crippen LogP contribution in [0.4, 0.5) is 0 Å². The highest BCUT2D eigenvalue weighted by atomic mass is 79.9. The Bertz CT molecular complexity index is 1190. The van der Waals surface area contributed by atoms with Crippen LogP contribution in [0.2, 0.25) is 5.02 Å². The summed E-state index contributed by atoms with van der Waals surface area (Å²) in [5, 5.41) is 3.35. The number of halogens is 2. The lowest BCUT2D eigenvalue weighted by Gasteiger charge is -2.23. The first-order chi connectivity index (χ1) is 15.7. The molecule has 1 unspecified atom stereocenters.